The van der Waals surface area contributed by atoms with Gasteiger partial charge in [0.2, 0.25) is 0 Å². The number of hydrogen-bond acceptors (Lipinski definition) is 7. The largest absolute Gasteiger partial charge is 0.456 e. The molecule has 0 atom stereocenters. The standard InChI is InChI=1S/C63H35N3O4/c64-36-41-35-58-59(50-31-37-25-27-44(29-39(37)33-56(50)67-58)65(42-13-3-1-4-14-42)52-21-11-19-48-46-17-7-9-23-54(46)68-62(48)52)60-51-32-38-26-28-45(30-40(38)34-57(51)70-61(41)60)66(43-15-5-2-6-16-43)53-22-12-20-49-47-18-8-10-24-55(47)69-63(49)53/h1-35H. The van der Waals surface area contributed by atoms with Gasteiger partial charge in [0.1, 0.15) is 34.0 Å². The quantitative estimate of drug-likeness (QED) is 0.164. The molecule has 0 aliphatic heterocycles. The molecule has 70 heavy (non-hydrogen) atoms. The molecule has 0 radical (unpaired) electrons. The molecule has 0 aliphatic rings. The molecule has 0 amide bonds. The van der Waals surface area contributed by atoms with Gasteiger partial charge in [-0.25, -0.2) is 0 Å². The summed E-state index contributed by atoms with van der Waals surface area (Å²) in [6.45, 7) is 0. The zero-order valence-electron chi connectivity index (χ0n) is 37.2. The summed E-state index contributed by atoms with van der Waals surface area (Å²) in [7, 11) is 0. The molecule has 0 bridgehead atoms. The van der Waals surface area contributed by atoms with E-state index in [0.717, 1.165) is 127 Å². The van der Waals surface area contributed by atoms with Crippen molar-refractivity contribution < 1.29 is 17.7 Å². The molecule has 7 nitrogen and oxygen atoms in total. The van der Waals surface area contributed by atoms with Crippen LogP contribution in [-0.2, 0) is 0 Å². The van der Waals surface area contributed by atoms with E-state index in [1.165, 1.54) is 0 Å². The minimum absolute atomic E-state index is 0.418. The van der Waals surface area contributed by atoms with Gasteiger partial charge in [-0.05, 0) is 119 Å². The van der Waals surface area contributed by atoms with E-state index in [4.69, 9.17) is 17.7 Å². The molecule has 326 valence electrons. The Morgan fingerprint density at radius 2 is 0.771 bits per heavy atom. The third-order valence-corrected chi connectivity index (χ3v) is 14.0. The SMILES string of the molecule is N#Cc1cc2oc3cc4cc(N(c5ccccc5)c5cccc6c5oc5ccccc56)ccc4cc3c2c2c1oc1cc3cc(N(c4ccccc4)c4cccc5c4oc4ccccc45)ccc3cc12. The molecule has 0 spiro atoms. The fourth-order valence-corrected chi connectivity index (χ4v) is 10.9. The molecule has 0 saturated heterocycles. The summed E-state index contributed by atoms with van der Waals surface area (Å²) in [5.74, 6) is 0. The van der Waals surface area contributed by atoms with Crippen LogP contribution in [0.1, 0.15) is 5.56 Å². The van der Waals surface area contributed by atoms with E-state index in [-0.39, 0.29) is 0 Å². The van der Waals surface area contributed by atoms with Crippen LogP contribution in [0.15, 0.2) is 230 Å². The van der Waals surface area contributed by atoms with Gasteiger partial charge in [-0.3, -0.25) is 0 Å². The first-order valence-corrected chi connectivity index (χ1v) is 23.3. The highest BCUT2D eigenvalue weighted by Gasteiger charge is 2.24. The lowest BCUT2D eigenvalue weighted by Crippen LogP contribution is -2.10. The monoisotopic (exact) mass is 897 g/mol. The summed E-state index contributed by atoms with van der Waals surface area (Å²) in [6.07, 6.45) is 0. The second-order valence-electron chi connectivity index (χ2n) is 17.9. The van der Waals surface area contributed by atoms with E-state index in [1.807, 2.05) is 54.6 Å². The summed E-state index contributed by atoms with van der Waals surface area (Å²) >= 11 is 0. The summed E-state index contributed by atoms with van der Waals surface area (Å²) in [4.78, 5) is 4.50. The van der Waals surface area contributed by atoms with Crippen LogP contribution >= 0.6 is 0 Å². The molecule has 15 aromatic rings. The molecule has 4 aromatic heterocycles. The highest BCUT2D eigenvalue weighted by atomic mass is 16.3. The van der Waals surface area contributed by atoms with Gasteiger partial charge in [0.25, 0.3) is 0 Å². The van der Waals surface area contributed by atoms with Crippen molar-refractivity contribution in [2.45, 2.75) is 0 Å². The smallest absolute Gasteiger partial charge is 0.159 e. The minimum atomic E-state index is 0.418. The van der Waals surface area contributed by atoms with Gasteiger partial charge in [-0.2, -0.15) is 5.26 Å². The van der Waals surface area contributed by atoms with Crippen LogP contribution in [0.2, 0.25) is 0 Å². The zero-order chi connectivity index (χ0) is 46.0. The number of fused-ring (bicyclic) bond motifs is 15. The van der Waals surface area contributed by atoms with E-state index in [2.05, 4.69) is 174 Å². The van der Waals surface area contributed by atoms with Crippen molar-refractivity contribution in [3.63, 3.8) is 0 Å². The summed E-state index contributed by atoms with van der Waals surface area (Å²) in [5.41, 5.74) is 12.2. The van der Waals surface area contributed by atoms with Crippen LogP contribution < -0.4 is 9.80 Å². The van der Waals surface area contributed by atoms with Gasteiger partial charge in [0.05, 0.1) is 16.9 Å². The maximum Gasteiger partial charge on any atom is 0.159 e. The average Bonchev–Trinajstić information content (AvgIpc) is 4.18. The lowest BCUT2D eigenvalue weighted by molar-refractivity contribution is 0.662. The Kier molecular flexibility index (Phi) is 8.01. The Morgan fingerprint density at radius 3 is 1.31 bits per heavy atom. The maximum absolute atomic E-state index is 10.6. The number of nitrogens with zero attached hydrogens (tertiary/aromatic N) is 3. The van der Waals surface area contributed by atoms with E-state index >= 15 is 0 Å². The first-order chi connectivity index (χ1) is 34.6. The molecule has 7 heteroatoms. The topological polar surface area (TPSA) is 82.8 Å². The number of anilines is 6. The Hall–Kier alpha value is -9.77. The highest BCUT2D eigenvalue weighted by Crippen LogP contribution is 2.48. The van der Waals surface area contributed by atoms with E-state index < -0.39 is 0 Å². The minimum Gasteiger partial charge on any atom is -0.456 e. The van der Waals surface area contributed by atoms with Crippen LogP contribution in [-0.4, -0.2) is 0 Å². The molecule has 15 rings (SSSR count). The predicted octanol–water partition coefficient (Wildman–Crippen LogP) is 18.4. The second-order valence-corrected chi connectivity index (χ2v) is 17.9. The van der Waals surface area contributed by atoms with Gasteiger partial charge in [0, 0.05) is 71.9 Å². The third kappa shape index (κ3) is 5.62. The van der Waals surface area contributed by atoms with E-state index in [1.54, 1.807) is 0 Å². The molecular formula is C63H35N3O4. The maximum atomic E-state index is 10.6. The fourth-order valence-electron chi connectivity index (χ4n) is 10.9. The van der Waals surface area contributed by atoms with E-state index in [0.29, 0.717) is 22.3 Å². The molecule has 4 heterocycles. The fraction of sp³-hybridized carbons (Fsp3) is 0. The number of hydrogen-bond donors (Lipinski definition) is 0. The molecule has 0 unspecified atom stereocenters. The van der Waals surface area contributed by atoms with Gasteiger partial charge >= 0.3 is 0 Å². The van der Waals surface area contributed by atoms with Crippen molar-refractivity contribution in [1.29, 1.82) is 5.26 Å². The van der Waals surface area contributed by atoms with Gasteiger partial charge in [-0.15, -0.1) is 0 Å². The lowest BCUT2D eigenvalue weighted by atomic mass is 9.99. The molecule has 11 aromatic carbocycles. The first-order valence-electron chi connectivity index (χ1n) is 23.3. The summed E-state index contributed by atoms with van der Waals surface area (Å²) < 4.78 is 26.6. The Morgan fingerprint density at radius 1 is 0.300 bits per heavy atom. The Bertz CT molecular complexity index is 4690. The normalized spacial score (nSPS) is 12.0. The van der Waals surface area contributed by atoms with Crippen molar-refractivity contribution >= 4 is 143 Å². The number of rotatable bonds is 6. The van der Waals surface area contributed by atoms with Crippen molar-refractivity contribution in [2.24, 2.45) is 0 Å². The zero-order valence-corrected chi connectivity index (χ0v) is 37.2. The average molecular weight is 898 g/mol. The Labute approximate surface area is 398 Å². The lowest BCUT2D eigenvalue weighted by Gasteiger charge is -2.25. The van der Waals surface area contributed by atoms with Crippen molar-refractivity contribution in [2.75, 3.05) is 9.80 Å². The third-order valence-electron chi connectivity index (χ3n) is 14.0. The van der Waals surface area contributed by atoms with Gasteiger partial charge < -0.3 is 27.5 Å². The van der Waals surface area contributed by atoms with Crippen LogP contribution in [0.4, 0.5) is 34.1 Å². The van der Waals surface area contributed by atoms with Crippen LogP contribution in [0, 0.1) is 11.3 Å². The molecule has 0 aliphatic carbocycles. The second kappa shape index (κ2) is 14.6. The van der Waals surface area contributed by atoms with Crippen molar-refractivity contribution in [1.82, 2.24) is 0 Å². The molecule has 0 saturated carbocycles. The van der Waals surface area contributed by atoms with Crippen molar-refractivity contribution in [3.05, 3.63) is 218 Å². The first kappa shape index (κ1) is 38.3. The Balaban J connectivity index is 0.888. The highest BCUT2D eigenvalue weighted by molar-refractivity contribution is 6.29. The van der Waals surface area contributed by atoms with E-state index in [9.17, 15) is 5.26 Å². The molecule has 0 N–H and O–H groups in total. The van der Waals surface area contributed by atoms with Gasteiger partial charge in [0.15, 0.2) is 16.7 Å². The number of furan rings is 4. The number of benzene rings is 11. The van der Waals surface area contributed by atoms with Crippen LogP contribution in [0.3, 0.4) is 0 Å². The molecule has 0 fully saturated rings. The summed E-state index contributed by atoms with van der Waals surface area (Å²) in [5, 5.41) is 22.6. The number of nitriles is 1. The van der Waals surface area contributed by atoms with Crippen LogP contribution in [0.25, 0.3) is 109 Å². The van der Waals surface area contributed by atoms with Crippen molar-refractivity contribution in [3.8, 4) is 6.07 Å². The van der Waals surface area contributed by atoms with Crippen LogP contribution in [0.5, 0.6) is 0 Å². The number of para-hydroxylation sites is 6. The van der Waals surface area contributed by atoms with Gasteiger partial charge in [-0.1, -0.05) is 109 Å². The molecular weight excluding hydrogens is 863 g/mol. The summed E-state index contributed by atoms with van der Waals surface area (Å²) in [6, 6.07) is 75.6. The predicted molar refractivity (Wildman–Crippen MR) is 285 cm³/mol.